The minimum absolute atomic E-state index is 0.161. The molecule has 0 radical (unpaired) electrons. The molecule has 32 heavy (non-hydrogen) atoms. The van der Waals surface area contributed by atoms with E-state index in [1.165, 1.54) is 0 Å². The van der Waals surface area contributed by atoms with Crippen LogP contribution in [0.5, 0.6) is 5.75 Å². The molecule has 160 valence electrons. The summed E-state index contributed by atoms with van der Waals surface area (Å²) in [6, 6.07) is 26.4. The second-order valence-electron chi connectivity index (χ2n) is 7.66. The SMILES string of the molecule is Cc1ccc(C)c(NC(=O)c2ccccc2NC(=O)COc2ccc3ccccc3c2)c1. The third-order valence-corrected chi connectivity index (χ3v) is 5.18. The summed E-state index contributed by atoms with van der Waals surface area (Å²) in [7, 11) is 0. The molecule has 4 aromatic carbocycles. The number of rotatable bonds is 6. The number of carbonyl (C=O) groups excluding carboxylic acids is 2. The molecular formula is C27H24N2O3. The normalized spacial score (nSPS) is 10.6. The van der Waals surface area contributed by atoms with Crippen molar-refractivity contribution in [1.82, 2.24) is 0 Å². The minimum Gasteiger partial charge on any atom is -0.484 e. The fourth-order valence-electron chi connectivity index (χ4n) is 3.44. The molecule has 2 N–H and O–H groups in total. The number of anilines is 2. The fourth-order valence-corrected chi connectivity index (χ4v) is 3.44. The second-order valence-corrected chi connectivity index (χ2v) is 7.66. The lowest BCUT2D eigenvalue weighted by Gasteiger charge is -2.13. The molecule has 0 aromatic heterocycles. The van der Waals surface area contributed by atoms with Gasteiger partial charge in [0.2, 0.25) is 0 Å². The van der Waals surface area contributed by atoms with Gasteiger partial charge in [-0.2, -0.15) is 0 Å². The van der Waals surface area contributed by atoms with E-state index >= 15 is 0 Å². The Bertz CT molecular complexity index is 1300. The lowest BCUT2D eigenvalue weighted by Crippen LogP contribution is -2.23. The van der Waals surface area contributed by atoms with Gasteiger partial charge < -0.3 is 15.4 Å². The third kappa shape index (κ3) is 4.95. The Morgan fingerprint density at radius 1 is 0.750 bits per heavy atom. The fraction of sp³-hybridized carbons (Fsp3) is 0.111. The van der Waals surface area contributed by atoms with Crippen LogP contribution in [0.2, 0.25) is 0 Å². The van der Waals surface area contributed by atoms with Crippen molar-refractivity contribution in [2.75, 3.05) is 17.2 Å². The first-order valence-corrected chi connectivity index (χ1v) is 10.4. The van der Waals surface area contributed by atoms with Crippen molar-refractivity contribution in [3.63, 3.8) is 0 Å². The van der Waals surface area contributed by atoms with Crippen molar-refractivity contribution >= 4 is 34.0 Å². The lowest BCUT2D eigenvalue weighted by atomic mass is 10.1. The largest absolute Gasteiger partial charge is 0.484 e. The monoisotopic (exact) mass is 424 g/mol. The van der Waals surface area contributed by atoms with E-state index in [9.17, 15) is 9.59 Å². The van der Waals surface area contributed by atoms with Crippen molar-refractivity contribution in [2.24, 2.45) is 0 Å². The molecule has 2 amide bonds. The number of carbonyl (C=O) groups is 2. The van der Waals surface area contributed by atoms with E-state index < -0.39 is 0 Å². The zero-order chi connectivity index (χ0) is 22.5. The highest BCUT2D eigenvalue weighted by Gasteiger charge is 2.14. The molecule has 5 heteroatoms. The van der Waals surface area contributed by atoms with Crippen molar-refractivity contribution in [3.8, 4) is 5.75 Å². The van der Waals surface area contributed by atoms with Crippen LogP contribution in [0.15, 0.2) is 84.9 Å². The summed E-state index contributed by atoms with van der Waals surface area (Å²) in [6.45, 7) is 3.75. The number of hydrogen-bond acceptors (Lipinski definition) is 3. The molecule has 0 aliphatic rings. The Hall–Kier alpha value is -4.12. The van der Waals surface area contributed by atoms with Gasteiger partial charge in [0.1, 0.15) is 5.75 Å². The first-order chi connectivity index (χ1) is 15.5. The summed E-state index contributed by atoms with van der Waals surface area (Å²) in [5.41, 5.74) is 3.58. The van der Waals surface area contributed by atoms with Gasteiger partial charge in [0, 0.05) is 5.69 Å². The summed E-state index contributed by atoms with van der Waals surface area (Å²) < 4.78 is 5.66. The number of amides is 2. The molecule has 0 fully saturated rings. The Morgan fingerprint density at radius 3 is 2.34 bits per heavy atom. The number of ether oxygens (including phenoxy) is 1. The van der Waals surface area contributed by atoms with E-state index in [2.05, 4.69) is 10.6 Å². The quantitative estimate of drug-likeness (QED) is 0.416. The van der Waals surface area contributed by atoms with Crippen LogP contribution in [0, 0.1) is 13.8 Å². The summed E-state index contributed by atoms with van der Waals surface area (Å²) in [6.07, 6.45) is 0. The van der Waals surface area contributed by atoms with Crippen molar-refractivity contribution < 1.29 is 14.3 Å². The highest BCUT2D eigenvalue weighted by atomic mass is 16.5. The second kappa shape index (κ2) is 9.35. The van der Waals surface area contributed by atoms with E-state index in [0.717, 1.165) is 27.6 Å². The summed E-state index contributed by atoms with van der Waals surface area (Å²) >= 11 is 0. The topological polar surface area (TPSA) is 67.4 Å². The van der Waals surface area contributed by atoms with Crippen molar-refractivity contribution in [2.45, 2.75) is 13.8 Å². The van der Waals surface area contributed by atoms with Crippen LogP contribution in [0.25, 0.3) is 10.8 Å². The van der Waals surface area contributed by atoms with Gasteiger partial charge in [-0.25, -0.2) is 0 Å². The first-order valence-electron chi connectivity index (χ1n) is 10.4. The van der Waals surface area contributed by atoms with Gasteiger partial charge in [-0.3, -0.25) is 9.59 Å². The van der Waals surface area contributed by atoms with Gasteiger partial charge in [-0.05, 0) is 66.1 Å². The van der Waals surface area contributed by atoms with E-state index in [0.29, 0.717) is 17.0 Å². The highest BCUT2D eigenvalue weighted by molar-refractivity contribution is 6.10. The lowest BCUT2D eigenvalue weighted by molar-refractivity contribution is -0.118. The van der Waals surface area contributed by atoms with Crippen LogP contribution in [-0.2, 0) is 4.79 Å². The molecule has 0 spiro atoms. The zero-order valence-corrected chi connectivity index (χ0v) is 18.0. The van der Waals surface area contributed by atoms with Gasteiger partial charge in [-0.1, -0.05) is 54.6 Å². The van der Waals surface area contributed by atoms with E-state index in [-0.39, 0.29) is 18.4 Å². The van der Waals surface area contributed by atoms with Gasteiger partial charge in [0.05, 0.1) is 11.3 Å². The van der Waals surface area contributed by atoms with Crippen LogP contribution in [0.3, 0.4) is 0 Å². The van der Waals surface area contributed by atoms with Crippen molar-refractivity contribution in [3.05, 3.63) is 102 Å². The molecule has 0 aliphatic carbocycles. The predicted octanol–water partition coefficient (Wildman–Crippen LogP) is 5.73. The minimum atomic E-state index is -0.342. The average molecular weight is 425 g/mol. The van der Waals surface area contributed by atoms with E-state index in [1.54, 1.807) is 24.3 Å². The number of fused-ring (bicyclic) bond motifs is 1. The number of para-hydroxylation sites is 1. The van der Waals surface area contributed by atoms with E-state index in [1.807, 2.05) is 74.5 Å². The van der Waals surface area contributed by atoms with Crippen LogP contribution < -0.4 is 15.4 Å². The number of aryl methyl sites for hydroxylation is 2. The molecule has 4 aromatic rings. The summed E-state index contributed by atoms with van der Waals surface area (Å²) in [5.74, 6) is -0.0185. The van der Waals surface area contributed by atoms with Gasteiger partial charge in [0.25, 0.3) is 11.8 Å². The maximum Gasteiger partial charge on any atom is 0.262 e. The average Bonchev–Trinajstić information content (AvgIpc) is 2.80. The molecule has 0 atom stereocenters. The van der Waals surface area contributed by atoms with Crippen LogP contribution >= 0.6 is 0 Å². The van der Waals surface area contributed by atoms with Crippen LogP contribution in [0.1, 0.15) is 21.5 Å². The Balaban J connectivity index is 1.43. The molecule has 0 bridgehead atoms. The zero-order valence-electron chi connectivity index (χ0n) is 18.0. The smallest absolute Gasteiger partial charge is 0.262 e. The molecule has 4 rings (SSSR count). The first kappa shape index (κ1) is 21.1. The molecular weight excluding hydrogens is 400 g/mol. The Labute approximate surface area is 187 Å². The molecule has 0 saturated carbocycles. The van der Waals surface area contributed by atoms with Crippen molar-refractivity contribution in [1.29, 1.82) is 0 Å². The van der Waals surface area contributed by atoms with E-state index in [4.69, 9.17) is 4.74 Å². The van der Waals surface area contributed by atoms with Crippen LogP contribution in [-0.4, -0.2) is 18.4 Å². The standard InChI is InChI=1S/C27H24N2O3/c1-18-11-12-19(2)25(15-18)29-27(31)23-9-5-6-10-24(23)28-26(30)17-32-22-14-13-20-7-3-4-8-21(20)16-22/h3-16H,17H2,1-2H3,(H,28,30)(H,29,31). The summed E-state index contributed by atoms with van der Waals surface area (Å²) in [4.78, 5) is 25.4. The molecule has 0 saturated heterocycles. The van der Waals surface area contributed by atoms with Crippen LogP contribution in [0.4, 0.5) is 11.4 Å². The molecule has 0 unspecified atom stereocenters. The Kier molecular flexibility index (Phi) is 6.17. The molecule has 0 aliphatic heterocycles. The van der Waals surface area contributed by atoms with Gasteiger partial charge in [0.15, 0.2) is 6.61 Å². The summed E-state index contributed by atoms with van der Waals surface area (Å²) in [5, 5.41) is 7.87. The number of hydrogen-bond donors (Lipinski definition) is 2. The predicted molar refractivity (Wildman–Crippen MR) is 128 cm³/mol. The number of benzene rings is 4. The van der Waals surface area contributed by atoms with Gasteiger partial charge in [-0.15, -0.1) is 0 Å². The maximum absolute atomic E-state index is 12.9. The molecule has 5 nitrogen and oxygen atoms in total. The Morgan fingerprint density at radius 2 is 1.50 bits per heavy atom. The van der Waals surface area contributed by atoms with Gasteiger partial charge >= 0.3 is 0 Å². The highest BCUT2D eigenvalue weighted by Crippen LogP contribution is 2.22. The maximum atomic E-state index is 12.9. The third-order valence-electron chi connectivity index (χ3n) is 5.18. The number of nitrogens with one attached hydrogen (secondary N) is 2. The molecule has 0 heterocycles.